The molecular formula is C11H15NO2. The van der Waals surface area contributed by atoms with Crippen molar-refractivity contribution in [3.05, 3.63) is 0 Å². The molecule has 0 N–H and O–H groups in total. The second-order valence-electron chi connectivity index (χ2n) is 4.90. The molecule has 3 atom stereocenters. The van der Waals surface area contributed by atoms with Crippen molar-refractivity contribution in [1.29, 1.82) is 5.26 Å². The van der Waals surface area contributed by atoms with Gasteiger partial charge in [-0.2, -0.15) is 5.26 Å². The molecule has 76 valence electrons. The molecule has 2 fully saturated rings. The number of hydrogen-bond acceptors (Lipinski definition) is 3. The maximum Gasteiger partial charge on any atom is 0.307 e. The summed E-state index contributed by atoms with van der Waals surface area (Å²) in [6, 6.07) is 2.21. The predicted molar refractivity (Wildman–Crippen MR) is 50.2 cm³/mol. The summed E-state index contributed by atoms with van der Waals surface area (Å²) >= 11 is 0. The van der Waals surface area contributed by atoms with E-state index < -0.39 is 0 Å². The smallest absolute Gasteiger partial charge is 0.307 e. The molecule has 0 unspecified atom stereocenters. The lowest BCUT2D eigenvalue weighted by molar-refractivity contribution is -0.148. The Labute approximate surface area is 84.0 Å². The number of ether oxygens (including phenoxy) is 1. The standard InChI is InChI=1S/C11H15NO2/c1-10-7-9(13)14-11(10,2)5-3-8(10)4-6-12/h8H,3-5,7H2,1-2H3/t8-,10-,11+/m1/s1. The second-order valence-corrected chi connectivity index (χ2v) is 4.90. The van der Waals surface area contributed by atoms with Crippen LogP contribution in [0.1, 0.15) is 39.5 Å². The molecule has 0 bridgehead atoms. The Kier molecular flexibility index (Phi) is 1.85. The van der Waals surface area contributed by atoms with Gasteiger partial charge in [-0.25, -0.2) is 0 Å². The molecule has 2 rings (SSSR count). The predicted octanol–water partition coefficient (Wildman–Crippen LogP) is 2.02. The molecule has 0 radical (unpaired) electrons. The molecule has 1 aliphatic carbocycles. The summed E-state index contributed by atoms with van der Waals surface area (Å²) in [7, 11) is 0. The van der Waals surface area contributed by atoms with E-state index in [4.69, 9.17) is 10.00 Å². The minimum atomic E-state index is -0.314. The molecule has 1 saturated carbocycles. The molecule has 1 heterocycles. The molecule has 1 saturated heterocycles. The van der Waals surface area contributed by atoms with E-state index in [1.807, 2.05) is 6.92 Å². The number of nitrogens with zero attached hydrogens (tertiary/aromatic N) is 1. The lowest BCUT2D eigenvalue weighted by Crippen LogP contribution is -2.38. The van der Waals surface area contributed by atoms with Crippen molar-refractivity contribution in [3.8, 4) is 6.07 Å². The van der Waals surface area contributed by atoms with Crippen LogP contribution in [0.25, 0.3) is 0 Å². The third kappa shape index (κ3) is 1.00. The van der Waals surface area contributed by atoms with E-state index in [0.29, 0.717) is 18.8 Å². The molecule has 1 aliphatic heterocycles. The molecule has 3 heteroatoms. The number of esters is 1. The summed E-state index contributed by atoms with van der Waals surface area (Å²) in [6.45, 7) is 4.10. The van der Waals surface area contributed by atoms with Crippen molar-refractivity contribution in [2.75, 3.05) is 0 Å². The molecule has 0 aromatic heterocycles. The van der Waals surface area contributed by atoms with Crippen LogP contribution in [0.4, 0.5) is 0 Å². The minimum absolute atomic E-state index is 0.0994. The molecule has 0 aromatic rings. The number of nitriles is 1. The summed E-state index contributed by atoms with van der Waals surface area (Å²) in [5.74, 6) is 0.224. The molecule has 0 aromatic carbocycles. The van der Waals surface area contributed by atoms with Gasteiger partial charge < -0.3 is 4.74 Å². The Morgan fingerprint density at radius 1 is 1.64 bits per heavy atom. The summed E-state index contributed by atoms with van der Waals surface area (Å²) in [4.78, 5) is 11.3. The van der Waals surface area contributed by atoms with Crippen LogP contribution in [0.3, 0.4) is 0 Å². The number of carbonyl (C=O) groups is 1. The van der Waals surface area contributed by atoms with Crippen LogP contribution >= 0.6 is 0 Å². The van der Waals surface area contributed by atoms with Crippen LogP contribution in [0.15, 0.2) is 0 Å². The van der Waals surface area contributed by atoms with Crippen molar-refractivity contribution in [2.45, 2.75) is 45.1 Å². The first kappa shape index (κ1) is 9.51. The van der Waals surface area contributed by atoms with Gasteiger partial charge in [-0.15, -0.1) is 0 Å². The van der Waals surface area contributed by atoms with Crippen LogP contribution in [-0.2, 0) is 9.53 Å². The van der Waals surface area contributed by atoms with Crippen molar-refractivity contribution >= 4 is 5.97 Å². The fourth-order valence-electron chi connectivity index (χ4n) is 3.01. The molecule has 0 spiro atoms. The fraction of sp³-hybridized carbons (Fsp3) is 0.818. The molecule has 14 heavy (non-hydrogen) atoms. The molecule has 2 aliphatic rings. The summed E-state index contributed by atoms with van der Waals surface area (Å²) in [6.07, 6.45) is 2.94. The maximum absolute atomic E-state index is 11.3. The first-order valence-electron chi connectivity index (χ1n) is 5.11. The van der Waals surface area contributed by atoms with Gasteiger partial charge in [0, 0.05) is 11.8 Å². The quantitative estimate of drug-likeness (QED) is 0.598. The SMILES string of the molecule is C[C@]12CC[C@H](CC#N)[C@@]1(C)CC(=O)O2. The zero-order valence-electron chi connectivity index (χ0n) is 8.67. The van der Waals surface area contributed by atoms with Gasteiger partial charge in [0.2, 0.25) is 0 Å². The van der Waals surface area contributed by atoms with Crippen molar-refractivity contribution in [1.82, 2.24) is 0 Å². The van der Waals surface area contributed by atoms with E-state index in [1.54, 1.807) is 0 Å². The average Bonchev–Trinajstić information content (AvgIpc) is 2.43. The van der Waals surface area contributed by atoms with E-state index in [9.17, 15) is 4.79 Å². The number of hydrogen-bond donors (Lipinski definition) is 0. The minimum Gasteiger partial charge on any atom is -0.459 e. The highest BCUT2D eigenvalue weighted by atomic mass is 16.6. The Hall–Kier alpha value is -1.04. The molecule has 0 amide bonds. The fourth-order valence-corrected chi connectivity index (χ4v) is 3.01. The second kappa shape index (κ2) is 2.73. The third-order valence-corrected chi connectivity index (χ3v) is 4.27. The van der Waals surface area contributed by atoms with E-state index in [1.165, 1.54) is 0 Å². The number of rotatable bonds is 1. The van der Waals surface area contributed by atoms with Gasteiger partial charge in [0.1, 0.15) is 5.60 Å². The van der Waals surface area contributed by atoms with Gasteiger partial charge in [0.15, 0.2) is 0 Å². The Bertz CT molecular complexity index is 320. The molecule has 3 nitrogen and oxygen atoms in total. The lowest BCUT2D eigenvalue weighted by Gasteiger charge is -2.34. The number of carbonyl (C=O) groups excluding carboxylic acids is 1. The Morgan fingerprint density at radius 2 is 2.36 bits per heavy atom. The van der Waals surface area contributed by atoms with Crippen LogP contribution in [0.2, 0.25) is 0 Å². The van der Waals surface area contributed by atoms with Gasteiger partial charge in [-0.05, 0) is 25.7 Å². The van der Waals surface area contributed by atoms with E-state index in [2.05, 4.69) is 13.0 Å². The summed E-state index contributed by atoms with van der Waals surface area (Å²) in [5, 5.41) is 8.74. The van der Waals surface area contributed by atoms with Crippen LogP contribution in [-0.4, -0.2) is 11.6 Å². The highest BCUT2D eigenvalue weighted by Crippen LogP contribution is 2.59. The van der Waals surface area contributed by atoms with Gasteiger partial charge in [-0.3, -0.25) is 4.79 Å². The summed E-state index contributed by atoms with van der Waals surface area (Å²) < 4.78 is 5.40. The average molecular weight is 193 g/mol. The van der Waals surface area contributed by atoms with E-state index >= 15 is 0 Å². The monoisotopic (exact) mass is 193 g/mol. The highest BCUT2D eigenvalue weighted by Gasteiger charge is 2.61. The number of fused-ring (bicyclic) bond motifs is 1. The van der Waals surface area contributed by atoms with Crippen molar-refractivity contribution < 1.29 is 9.53 Å². The van der Waals surface area contributed by atoms with Crippen LogP contribution < -0.4 is 0 Å². The van der Waals surface area contributed by atoms with Gasteiger partial charge in [0.05, 0.1) is 12.5 Å². The van der Waals surface area contributed by atoms with Crippen molar-refractivity contribution in [3.63, 3.8) is 0 Å². The normalized spacial score (nSPS) is 45.8. The van der Waals surface area contributed by atoms with Gasteiger partial charge in [-0.1, -0.05) is 6.92 Å². The third-order valence-electron chi connectivity index (χ3n) is 4.27. The van der Waals surface area contributed by atoms with Gasteiger partial charge in [0.25, 0.3) is 0 Å². The topological polar surface area (TPSA) is 50.1 Å². The Balaban J connectivity index is 2.30. The maximum atomic E-state index is 11.3. The first-order chi connectivity index (χ1) is 6.52. The zero-order valence-corrected chi connectivity index (χ0v) is 8.67. The van der Waals surface area contributed by atoms with Crippen LogP contribution in [0.5, 0.6) is 0 Å². The largest absolute Gasteiger partial charge is 0.459 e. The lowest BCUT2D eigenvalue weighted by atomic mass is 9.70. The molecular weight excluding hydrogens is 178 g/mol. The van der Waals surface area contributed by atoms with E-state index in [-0.39, 0.29) is 17.0 Å². The zero-order chi connectivity index (χ0) is 10.4. The van der Waals surface area contributed by atoms with E-state index in [0.717, 1.165) is 12.8 Å². The summed E-state index contributed by atoms with van der Waals surface area (Å²) in [5.41, 5.74) is -0.425. The highest BCUT2D eigenvalue weighted by molar-refractivity contribution is 5.74. The first-order valence-corrected chi connectivity index (χ1v) is 5.11. The Morgan fingerprint density at radius 3 is 3.00 bits per heavy atom. The van der Waals surface area contributed by atoms with Gasteiger partial charge >= 0.3 is 5.97 Å². The van der Waals surface area contributed by atoms with Crippen molar-refractivity contribution in [2.24, 2.45) is 11.3 Å². The van der Waals surface area contributed by atoms with Crippen LogP contribution in [0, 0.1) is 22.7 Å².